The Morgan fingerprint density at radius 2 is 1.05 bits per heavy atom. The van der Waals surface area contributed by atoms with Gasteiger partial charge in [-0.2, -0.15) is 0 Å². The van der Waals surface area contributed by atoms with Crippen LogP contribution in [0, 0.1) is 11.8 Å². The molecule has 0 saturated heterocycles. The van der Waals surface area contributed by atoms with Gasteiger partial charge in [-0.05, 0) is 25.2 Å². The molecule has 20 heavy (non-hydrogen) atoms. The zero-order chi connectivity index (χ0) is 15.2. The summed E-state index contributed by atoms with van der Waals surface area (Å²) in [5.74, 6) is 1.10. The Morgan fingerprint density at radius 1 is 0.650 bits per heavy atom. The lowest BCUT2D eigenvalue weighted by Gasteiger charge is -2.23. The van der Waals surface area contributed by atoms with Crippen molar-refractivity contribution < 1.29 is 5.11 Å². The van der Waals surface area contributed by atoms with Crippen LogP contribution in [0.1, 0.15) is 105 Å². The second-order valence-corrected chi connectivity index (χ2v) is 6.97. The third kappa shape index (κ3) is 11.8. The second-order valence-electron chi connectivity index (χ2n) is 6.97. The molecule has 0 fully saturated rings. The van der Waals surface area contributed by atoms with Gasteiger partial charge in [-0.25, -0.2) is 0 Å². The lowest BCUT2D eigenvalue weighted by atomic mass is 9.86. The second kappa shape index (κ2) is 13.9. The van der Waals surface area contributed by atoms with E-state index in [9.17, 15) is 5.11 Å². The van der Waals surface area contributed by atoms with Gasteiger partial charge in [-0.1, -0.05) is 91.4 Å². The number of aliphatic hydroxyl groups excluding tert-OH is 1. The van der Waals surface area contributed by atoms with Gasteiger partial charge < -0.3 is 5.11 Å². The monoisotopic (exact) mass is 284 g/mol. The van der Waals surface area contributed by atoms with Crippen molar-refractivity contribution in [3.63, 3.8) is 0 Å². The van der Waals surface area contributed by atoms with Gasteiger partial charge in [0.25, 0.3) is 0 Å². The minimum Gasteiger partial charge on any atom is -0.393 e. The van der Waals surface area contributed by atoms with Crippen molar-refractivity contribution in [2.24, 2.45) is 11.8 Å². The Labute approximate surface area is 128 Å². The lowest BCUT2D eigenvalue weighted by Crippen LogP contribution is -2.22. The van der Waals surface area contributed by atoms with Crippen LogP contribution in [-0.4, -0.2) is 11.2 Å². The van der Waals surface area contributed by atoms with E-state index >= 15 is 0 Å². The molecule has 0 amide bonds. The van der Waals surface area contributed by atoms with Gasteiger partial charge in [-0.15, -0.1) is 0 Å². The van der Waals surface area contributed by atoms with Crippen LogP contribution in [0.4, 0.5) is 0 Å². The molecule has 0 aliphatic heterocycles. The minimum atomic E-state index is -0.141. The summed E-state index contributed by atoms with van der Waals surface area (Å²) in [6.45, 7) is 8.69. The average Bonchev–Trinajstić information content (AvgIpc) is 2.39. The molecule has 0 aromatic carbocycles. The zero-order valence-electron chi connectivity index (χ0n) is 14.7. The van der Waals surface area contributed by atoms with E-state index in [1.807, 2.05) is 6.92 Å². The molecule has 0 bridgehead atoms. The standard InChI is InChI=1S/C19H40O/c1-5-6-7-8-9-10-11-12-13-14-15-16-19(17(2)3)18(4)20/h17-20H,5-16H2,1-4H3. The summed E-state index contributed by atoms with van der Waals surface area (Å²) >= 11 is 0. The zero-order valence-corrected chi connectivity index (χ0v) is 14.7. The van der Waals surface area contributed by atoms with Crippen molar-refractivity contribution in [2.75, 3.05) is 0 Å². The van der Waals surface area contributed by atoms with Crippen molar-refractivity contribution >= 4 is 0 Å². The minimum absolute atomic E-state index is 0.141. The summed E-state index contributed by atoms with van der Waals surface area (Å²) in [5, 5.41) is 9.74. The van der Waals surface area contributed by atoms with Crippen LogP contribution in [0.3, 0.4) is 0 Å². The molecule has 2 atom stereocenters. The summed E-state index contributed by atoms with van der Waals surface area (Å²) < 4.78 is 0. The molecule has 1 nitrogen and oxygen atoms in total. The first-order chi connectivity index (χ1) is 9.59. The predicted molar refractivity (Wildman–Crippen MR) is 91.1 cm³/mol. The molecule has 0 heterocycles. The molecule has 0 saturated carbocycles. The van der Waals surface area contributed by atoms with Gasteiger partial charge in [-0.3, -0.25) is 0 Å². The Balaban J connectivity index is 3.27. The molecule has 1 N–H and O–H groups in total. The van der Waals surface area contributed by atoms with Gasteiger partial charge in [0.1, 0.15) is 0 Å². The first kappa shape index (κ1) is 20.0. The lowest BCUT2D eigenvalue weighted by molar-refractivity contribution is 0.0900. The molecule has 122 valence electrons. The summed E-state index contributed by atoms with van der Waals surface area (Å²) in [6.07, 6.45) is 16.5. The Morgan fingerprint density at radius 3 is 1.40 bits per heavy atom. The van der Waals surface area contributed by atoms with E-state index in [0.717, 1.165) is 0 Å². The van der Waals surface area contributed by atoms with E-state index in [2.05, 4.69) is 20.8 Å². The third-order valence-corrected chi connectivity index (χ3v) is 4.62. The van der Waals surface area contributed by atoms with Gasteiger partial charge in [0.05, 0.1) is 6.10 Å². The van der Waals surface area contributed by atoms with Gasteiger partial charge in [0, 0.05) is 0 Å². The number of aliphatic hydroxyl groups is 1. The van der Waals surface area contributed by atoms with E-state index in [-0.39, 0.29) is 6.10 Å². The van der Waals surface area contributed by atoms with E-state index in [1.165, 1.54) is 77.0 Å². The quantitative estimate of drug-likeness (QED) is 0.369. The highest BCUT2D eigenvalue weighted by molar-refractivity contribution is 4.68. The van der Waals surface area contributed by atoms with Crippen LogP contribution in [0.25, 0.3) is 0 Å². The van der Waals surface area contributed by atoms with Crippen LogP contribution >= 0.6 is 0 Å². The molecule has 0 aliphatic rings. The van der Waals surface area contributed by atoms with Crippen LogP contribution in [0.15, 0.2) is 0 Å². The van der Waals surface area contributed by atoms with E-state index in [0.29, 0.717) is 11.8 Å². The maximum Gasteiger partial charge on any atom is 0.0542 e. The molecule has 0 spiro atoms. The molecular formula is C19H40O. The highest BCUT2D eigenvalue weighted by Crippen LogP contribution is 2.22. The summed E-state index contributed by atoms with van der Waals surface area (Å²) in [7, 11) is 0. The fourth-order valence-corrected chi connectivity index (χ4v) is 3.18. The van der Waals surface area contributed by atoms with Crippen molar-refractivity contribution in [1.29, 1.82) is 0 Å². The Hall–Kier alpha value is -0.0400. The number of hydrogen-bond acceptors (Lipinski definition) is 1. The maximum atomic E-state index is 9.74. The van der Waals surface area contributed by atoms with Gasteiger partial charge in [0.15, 0.2) is 0 Å². The maximum absolute atomic E-state index is 9.74. The van der Waals surface area contributed by atoms with Crippen LogP contribution in [0.2, 0.25) is 0 Å². The van der Waals surface area contributed by atoms with Crippen LogP contribution in [0.5, 0.6) is 0 Å². The molecule has 0 aromatic heterocycles. The fourth-order valence-electron chi connectivity index (χ4n) is 3.18. The van der Waals surface area contributed by atoms with Crippen molar-refractivity contribution in [3.8, 4) is 0 Å². The van der Waals surface area contributed by atoms with Crippen molar-refractivity contribution in [3.05, 3.63) is 0 Å². The summed E-state index contributed by atoms with van der Waals surface area (Å²) in [4.78, 5) is 0. The van der Waals surface area contributed by atoms with E-state index in [1.54, 1.807) is 0 Å². The summed E-state index contributed by atoms with van der Waals surface area (Å²) in [5.41, 5.74) is 0. The summed E-state index contributed by atoms with van der Waals surface area (Å²) in [6, 6.07) is 0. The highest BCUT2D eigenvalue weighted by atomic mass is 16.3. The first-order valence-electron chi connectivity index (χ1n) is 9.27. The van der Waals surface area contributed by atoms with Crippen molar-refractivity contribution in [1.82, 2.24) is 0 Å². The van der Waals surface area contributed by atoms with Gasteiger partial charge >= 0.3 is 0 Å². The predicted octanol–water partition coefficient (Wildman–Crippen LogP) is 6.34. The highest BCUT2D eigenvalue weighted by Gasteiger charge is 2.17. The largest absolute Gasteiger partial charge is 0.393 e. The SMILES string of the molecule is CCCCCCCCCCCCCC(C(C)C)C(C)O. The molecular weight excluding hydrogens is 244 g/mol. The topological polar surface area (TPSA) is 20.2 Å². The van der Waals surface area contributed by atoms with Crippen molar-refractivity contribution in [2.45, 2.75) is 111 Å². The number of unbranched alkanes of at least 4 members (excludes halogenated alkanes) is 10. The van der Waals surface area contributed by atoms with E-state index in [4.69, 9.17) is 0 Å². The van der Waals surface area contributed by atoms with E-state index < -0.39 is 0 Å². The molecule has 2 unspecified atom stereocenters. The van der Waals surface area contributed by atoms with Crippen LogP contribution in [-0.2, 0) is 0 Å². The van der Waals surface area contributed by atoms with Crippen LogP contribution < -0.4 is 0 Å². The fraction of sp³-hybridized carbons (Fsp3) is 1.00. The normalized spacial score (nSPS) is 14.7. The Kier molecular flexibility index (Phi) is 13.9. The molecule has 0 aromatic rings. The Bertz CT molecular complexity index is 178. The smallest absolute Gasteiger partial charge is 0.0542 e. The molecule has 1 heteroatoms. The first-order valence-corrected chi connectivity index (χ1v) is 9.27. The molecule has 0 rings (SSSR count). The average molecular weight is 285 g/mol. The van der Waals surface area contributed by atoms with Gasteiger partial charge in [0.2, 0.25) is 0 Å². The number of hydrogen-bond donors (Lipinski definition) is 1. The third-order valence-electron chi connectivity index (χ3n) is 4.62. The molecule has 0 aliphatic carbocycles. The molecule has 0 radical (unpaired) electrons. The number of rotatable bonds is 14.